The molecule has 1 atom stereocenters. The van der Waals surface area contributed by atoms with E-state index < -0.39 is 21.0 Å². The Kier molecular flexibility index (Phi) is 5.94. The molecule has 1 aliphatic heterocycles. The number of carbonyl (C=O) groups is 1. The molecule has 0 bridgehead atoms. The number of sulfone groups is 1. The molecule has 0 aromatic carbocycles. The number of anilines is 2. The van der Waals surface area contributed by atoms with Crippen LogP contribution in [0.15, 0.2) is 30.6 Å². The van der Waals surface area contributed by atoms with Crippen molar-refractivity contribution in [2.24, 2.45) is 5.73 Å². The monoisotopic (exact) mass is 565 g/mol. The zero-order valence-electron chi connectivity index (χ0n) is 23.4. The fourth-order valence-corrected chi connectivity index (χ4v) is 6.99. The average molecular weight is 566 g/mol. The van der Waals surface area contributed by atoms with Crippen LogP contribution in [-0.2, 0) is 25.5 Å². The Bertz CT molecular complexity index is 1640. The zero-order chi connectivity index (χ0) is 28.7. The third-order valence-electron chi connectivity index (χ3n) is 9.10. The molecule has 2 fully saturated rings. The normalized spacial score (nSPS) is 24.0. The molecular weight excluding hydrogens is 530 g/mol. The fraction of sp³-hybridized carbons (Fsp3) is 0.517. The first kappa shape index (κ1) is 26.9. The number of cyclic esters (lactones) is 1. The quantitative estimate of drug-likeness (QED) is 0.398. The second-order valence-electron chi connectivity index (χ2n) is 12.2. The Morgan fingerprint density at radius 3 is 2.52 bits per heavy atom. The number of hydrogen-bond donors (Lipinski definition) is 2. The number of aromatic nitrogens is 3. The summed E-state index contributed by atoms with van der Waals surface area (Å²) in [5.74, 6) is 1.21. The van der Waals surface area contributed by atoms with Crippen LogP contribution in [0.2, 0.25) is 0 Å². The first-order valence-corrected chi connectivity index (χ1v) is 15.6. The Hall–Kier alpha value is -3.31. The molecule has 11 heteroatoms. The van der Waals surface area contributed by atoms with Crippen molar-refractivity contribution in [3.8, 4) is 5.88 Å². The highest BCUT2D eigenvalue weighted by molar-refractivity contribution is 7.91. The van der Waals surface area contributed by atoms with E-state index >= 15 is 0 Å². The van der Waals surface area contributed by atoms with Crippen LogP contribution in [0.1, 0.15) is 81.4 Å². The maximum absolute atomic E-state index is 12.6. The standard InChI is InChI=1S/C29H35N5O5S/c1-6-28(4,30)21-15-32-25(38-16-11-17(12-16)40(5,36)37)20-14-31-23(13-19(20)21)33-22-8-7-18-24(34-22)29(9-10-29)27(2,3)39-26(18)35/h7-8,13-17H,6,9-12,30H2,1-5H3,(H,31,33,34)/t16-,17+,28?. The fourth-order valence-electron chi connectivity index (χ4n) is 5.86. The number of esters is 1. The van der Waals surface area contributed by atoms with Crippen molar-refractivity contribution >= 4 is 38.2 Å². The third kappa shape index (κ3) is 4.30. The lowest BCUT2D eigenvalue weighted by molar-refractivity contribution is -0.0285. The SMILES string of the molecule is CCC(C)(N)c1cnc(O[C@H]2C[C@@H](S(C)(=O)=O)C2)c2cnc(Nc3ccc4c(n3)C3(CC3)C(C)(C)OC4=O)cc12. The Morgan fingerprint density at radius 1 is 1.15 bits per heavy atom. The van der Waals surface area contributed by atoms with Crippen LogP contribution in [-0.4, -0.2) is 52.5 Å². The van der Waals surface area contributed by atoms with E-state index in [0.717, 1.165) is 29.5 Å². The molecule has 3 aromatic heterocycles. The highest BCUT2D eigenvalue weighted by Gasteiger charge is 2.63. The van der Waals surface area contributed by atoms with E-state index in [1.807, 2.05) is 33.8 Å². The van der Waals surface area contributed by atoms with Gasteiger partial charge in [-0.3, -0.25) is 0 Å². The summed E-state index contributed by atoms with van der Waals surface area (Å²) >= 11 is 0. The van der Waals surface area contributed by atoms with Gasteiger partial charge in [0, 0.05) is 37.0 Å². The molecule has 6 rings (SSSR count). The molecule has 40 heavy (non-hydrogen) atoms. The molecule has 2 aliphatic carbocycles. The van der Waals surface area contributed by atoms with Gasteiger partial charge in [0.05, 0.1) is 27.3 Å². The van der Waals surface area contributed by atoms with Crippen molar-refractivity contribution < 1.29 is 22.7 Å². The number of fused-ring (bicyclic) bond motifs is 3. The lowest BCUT2D eigenvalue weighted by atomic mass is 9.80. The maximum atomic E-state index is 12.6. The first-order chi connectivity index (χ1) is 18.7. The molecule has 2 saturated carbocycles. The molecular formula is C29H35N5O5S. The Labute approximate surface area is 234 Å². The number of ether oxygens (including phenoxy) is 2. The second kappa shape index (κ2) is 8.84. The van der Waals surface area contributed by atoms with Gasteiger partial charge in [0.25, 0.3) is 0 Å². The molecule has 0 radical (unpaired) electrons. The van der Waals surface area contributed by atoms with Gasteiger partial charge < -0.3 is 20.5 Å². The molecule has 0 saturated heterocycles. The third-order valence-corrected chi connectivity index (χ3v) is 10.7. The van der Waals surface area contributed by atoms with Crippen LogP contribution < -0.4 is 15.8 Å². The number of nitrogens with two attached hydrogens (primary N) is 1. The lowest BCUT2D eigenvalue weighted by Crippen LogP contribution is -2.46. The first-order valence-electron chi connectivity index (χ1n) is 13.7. The Morgan fingerprint density at radius 2 is 1.88 bits per heavy atom. The molecule has 4 heterocycles. The number of rotatable bonds is 7. The van der Waals surface area contributed by atoms with E-state index in [9.17, 15) is 13.2 Å². The average Bonchev–Trinajstić information content (AvgIpc) is 3.66. The molecule has 3 aliphatic rings. The number of nitrogens with zero attached hydrogens (tertiary/aromatic N) is 3. The van der Waals surface area contributed by atoms with E-state index in [4.69, 9.17) is 20.2 Å². The number of carbonyl (C=O) groups excluding carboxylic acids is 1. The second-order valence-corrected chi connectivity index (χ2v) is 14.6. The van der Waals surface area contributed by atoms with E-state index in [0.29, 0.717) is 47.7 Å². The minimum absolute atomic E-state index is 0.222. The number of nitrogens with one attached hydrogen (secondary N) is 1. The van der Waals surface area contributed by atoms with E-state index in [2.05, 4.69) is 15.3 Å². The van der Waals surface area contributed by atoms with Crippen LogP contribution in [0.25, 0.3) is 10.8 Å². The molecule has 3 aromatic rings. The summed E-state index contributed by atoms with van der Waals surface area (Å²) in [5.41, 5.74) is 7.28. The van der Waals surface area contributed by atoms with Gasteiger partial charge >= 0.3 is 5.97 Å². The van der Waals surface area contributed by atoms with Gasteiger partial charge in [-0.1, -0.05) is 6.92 Å². The van der Waals surface area contributed by atoms with Crippen molar-refractivity contribution in [1.29, 1.82) is 0 Å². The van der Waals surface area contributed by atoms with Gasteiger partial charge in [-0.05, 0) is 69.2 Å². The van der Waals surface area contributed by atoms with Crippen LogP contribution in [0, 0.1) is 0 Å². The van der Waals surface area contributed by atoms with Gasteiger partial charge in [-0.15, -0.1) is 0 Å². The molecule has 3 N–H and O–H groups in total. The van der Waals surface area contributed by atoms with Crippen molar-refractivity contribution in [1.82, 2.24) is 15.0 Å². The lowest BCUT2D eigenvalue weighted by Gasteiger charge is -2.39. The van der Waals surface area contributed by atoms with E-state index in [1.165, 1.54) is 6.26 Å². The highest BCUT2D eigenvalue weighted by Crippen LogP contribution is 2.59. The molecule has 1 unspecified atom stereocenters. The predicted molar refractivity (Wildman–Crippen MR) is 152 cm³/mol. The number of pyridine rings is 3. The van der Waals surface area contributed by atoms with Crippen LogP contribution in [0.4, 0.5) is 11.6 Å². The minimum atomic E-state index is -3.09. The van der Waals surface area contributed by atoms with E-state index in [1.54, 1.807) is 24.5 Å². The van der Waals surface area contributed by atoms with Crippen molar-refractivity contribution in [2.45, 2.75) is 87.7 Å². The maximum Gasteiger partial charge on any atom is 0.340 e. The topological polar surface area (TPSA) is 146 Å². The molecule has 0 amide bonds. The van der Waals surface area contributed by atoms with Crippen LogP contribution in [0.5, 0.6) is 5.88 Å². The molecule has 1 spiro atoms. The largest absolute Gasteiger partial charge is 0.474 e. The Balaban J connectivity index is 1.34. The van der Waals surface area contributed by atoms with Crippen LogP contribution in [0.3, 0.4) is 0 Å². The van der Waals surface area contributed by atoms with Gasteiger partial charge in [0.15, 0.2) is 9.84 Å². The zero-order valence-corrected chi connectivity index (χ0v) is 24.3. The van der Waals surface area contributed by atoms with Gasteiger partial charge in [0.2, 0.25) is 5.88 Å². The summed E-state index contributed by atoms with van der Waals surface area (Å²) < 4.78 is 35.6. The summed E-state index contributed by atoms with van der Waals surface area (Å²) in [6, 6.07) is 5.43. The molecule has 212 valence electrons. The van der Waals surface area contributed by atoms with Gasteiger partial charge in [-0.2, -0.15) is 0 Å². The summed E-state index contributed by atoms with van der Waals surface area (Å²) in [6.45, 7) is 7.88. The summed E-state index contributed by atoms with van der Waals surface area (Å²) in [7, 11) is -3.09. The van der Waals surface area contributed by atoms with Crippen molar-refractivity contribution in [3.63, 3.8) is 0 Å². The van der Waals surface area contributed by atoms with Crippen molar-refractivity contribution in [3.05, 3.63) is 47.4 Å². The van der Waals surface area contributed by atoms with Gasteiger partial charge in [0.1, 0.15) is 23.3 Å². The molecule has 10 nitrogen and oxygen atoms in total. The number of hydrogen-bond acceptors (Lipinski definition) is 10. The highest BCUT2D eigenvalue weighted by atomic mass is 32.2. The minimum Gasteiger partial charge on any atom is -0.474 e. The predicted octanol–water partition coefficient (Wildman–Crippen LogP) is 4.29. The summed E-state index contributed by atoms with van der Waals surface area (Å²) in [4.78, 5) is 26.7. The summed E-state index contributed by atoms with van der Waals surface area (Å²) in [6.07, 6.45) is 7.88. The smallest absolute Gasteiger partial charge is 0.340 e. The van der Waals surface area contributed by atoms with E-state index in [-0.39, 0.29) is 22.7 Å². The summed E-state index contributed by atoms with van der Waals surface area (Å²) in [5, 5.41) is 4.48. The van der Waals surface area contributed by atoms with Crippen LogP contribution >= 0.6 is 0 Å². The van der Waals surface area contributed by atoms with Gasteiger partial charge in [-0.25, -0.2) is 28.2 Å². The van der Waals surface area contributed by atoms with Crippen molar-refractivity contribution in [2.75, 3.05) is 11.6 Å².